The summed E-state index contributed by atoms with van der Waals surface area (Å²) in [4.78, 5) is 17.5. The van der Waals surface area contributed by atoms with Gasteiger partial charge in [0.25, 0.3) is 5.91 Å². The molecule has 7 heteroatoms. The average molecular weight is 481 g/mol. The van der Waals surface area contributed by atoms with Crippen molar-refractivity contribution in [2.24, 2.45) is 5.92 Å². The molecular formula is C26H28N2O3S2. The molecule has 0 saturated carbocycles. The Morgan fingerprint density at radius 3 is 2.67 bits per heavy atom. The second-order valence-electron chi connectivity index (χ2n) is 9.05. The first kappa shape index (κ1) is 22.3. The highest BCUT2D eigenvalue weighted by Gasteiger charge is 2.28. The number of carbonyl (C=O) groups excluding carboxylic acids is 1. The van der Waals surface area contributed by atoms with Crippen LogP contribution >= 0.6 is 11.3 Å². The van der Waals surface area contributed by atoms with Crippen LogP contribution in [0.1, 0.15) is 39.2 Å². The Morgan fingerprint density at radius 1 is 1.09 bits per heavy atom. The molecule has 1 aliphatic carbocycles. The minimum Gasteiger partial charge on any atom is -0.338 e. The van der Waals surface area contributed by atoms with Crippen LogP contribution in [0.15, 0.2) is 59.5 Å². The average Bonchev–Trinajstić information content (AvgIpc) is 3.28. The lowest BCUT2D eigenvalue weighted by Gasteiger charge is -2.32. The molecule has 1 aromatic heterocycles. The second-order valence-corrected chi connectivity index (χ2v) is 11.9. The van der Waals surface area contributed by atoms with Crippen molar-refractivity contribution in [3.05, 3.63) is 76.2 Å². The van der Waals surface area contributed by atoms with Crippen LogP contribution < -0.4 is 4.72 Å². The molecule has 1 atom stereocenters. The highest BCUT2D eigenvalue weighted by molar-refractivity contribution is 7.89. The number of benzene rings is 2. The van der Waals surface area contributed by atoms with E-state index in [1.807, 2.05) is 11.8 Å². The monoisotopic (exact) mass is 480 g/mol. The van der Waals surface area contributed by atoms with Crippen LogP contribution in [0.4, 0.5) is 0 Å². The van der Waals surface area contributed by atoms with Gasteiger partial charge in [-0.3, -0.25) is 4.79 Å². The summed E-state index contributed by atoms with van der Waals surface area (Å²) in [6.07, 6.45) is 3.78. The molecule has 172 valence electrons. The summed E-state index contributed by atoms with van der Waals surface area (Å²) in [5.74, 6) is 0.177. The summed E-state index contributed by atoms with van der Waals surface area (Å²) >= 11 is 1.59. The molecule has 1 fully saturated rings. The van der Waals surface area contributed by atoms with Gasteiger partial charge in [-0.2, -0.15) is 0 Å². The summed E-state index contributed by atoms with van der Waals surface area (Å²) < 4.78 is 28.0. The normalized spacial score (nSPS) is 18.0. The maximum absolute atomic E-state index is 13.3. The van der Waals surface area contributed by atoms with Gasteiger partial charge in [0.1, 0.15) is 0 Å². The number of fused-ring (bicyclic) bond motifs is 3. The van der Waals surface area contributed by atoms with Gasteiger partial charge < -0.3 is 4.90 Å². The predicted octanol–water partition coefficient (Wildman–Crippen LogP) is 4.65. The summed E-state index contributed by atoms with van der Waals surface area (Å²) in [6.45, 7) is 3.57. The van der Waals surface area contributed by atoms with E-state index in [1.54, 1.807) is 35.6 Å². The number of hydrogen-bond acceptors (Lipinski definition) is 4. The zero-order valence-electron chi connectivity index (χ0n) is 18.7. The van der Waals surface area contributed by atoms with Gasteiger partial charge in [0.2, 0.25) is 10.0 Å². The van der Waals surface area contributed by atoms with Crippen molar-refractivity contribution in [2.45, 2.75) is 37.5 Å². The molecule has 1 saturated heterocycles. The number of nitrogens with zero attached hydrogens (tertiary/aromatic N) is 1. The number of nitrogens with one attached hydrogen (secondary N) is 1. The van der Waals surface area contributed by atoms with Crippen LogP contribution in [-0.4, -0.2) is 38.9 Å². The van der Waals surface area contributed by atoms with Crippen LogP contribution in [0.25, 0.3) is 10.4 Å². The van der Waals surface area contributed by atoms with E-state index in [-0.39, 0.29) is 16.7 Å². The Hall–Kier alpha value is -2.48. The maximum Gasteiger partial charge on any atom is 0.263 e. The van der Waals surface area contributed by atoms with E-state index in [0.29, 0.717) is 13.1 Å². The second kappa shape index (κ2) is 9.05. The third-order valence-electron chi connectivity index (χ3n) is 6.64. The number of thiophene rings is 1. The summed E-state index contributed by atoms with van der Waals surface area (Å²) in [5.41, 5.74) is 4.89. The van der Waals surface area contributed by atoms with Crippen molar-refractivity contribution < 1.29 is 13.2 Å². The standard InChI is InChI=1S/C26H28N2O3S2/c1-18-8-12-22(13-9-18)33(30,31)27-16-19-5-4-14-28(17-19)26(29)24-15-21-11-10-20-6-2-3-7-23(20)25(21)32-24/h2-3,6-9,12-13,15,19,27H,4-5,10-11,14,16-17H2,1H3. The van der Waals surface area contributed by atoms with E-state index in [2.05, 4.69) is 35.1 Å². The number of aryl methyl sites for hydroxylation is 3. The molecule has 0 bridgehead atoms. The lowest BCUT2D eigenvalue weighted by molar-refractivity contribution is 0.0681. The minimum absolute atomic E-state index is 0.0676. The van der Waals surface area contributed by atoms with Crippen molar-refractivity contribution in [2.75, 3.05) is 19.6 Å². The molecule has 0 radical (unpaired) electrons. The van der Waals surface area contributed by atoms with Gasteiger partial charge in [0.05, 0.1) is 9.77 Å². The molecule has 5 rings (SSSR count). The molecule has 2 heterocycles. The summed E-state index contributed by atoms with van der Waals surface area (Å²) in [7, 11) is -3.55. The first-order valence-electron chi connectivity index (χ1n) is 11.5. The summed E-state index contributed by atoms with van der Waals surface area (Å²) in [5, 5.41) is 0. The van der Waals surface area contributed by atoms with Crippen LogP contribution in [0, 0.1) is 12.8 Å². The van der Waals surface area contributed by atoms with E-state index in [9.17, 15) is 13.2 Å². The summed E-state index contributed by atoms with van der Waals surface area (Å²) in [6, 6.07) is 17.4. The topological polar surface area (TPSA) is 66.5 Å². The van der Waals surface area contributed by atoms with E-state index >= 15 is 0 Å². The number of piperidine rings is 1. The van der Waals surface area contributed by atoms with Crippen molar-refractivity contribution in [3.8, 4) is 10.4 Å². The Balaban J connectivity index is 1.26. The fraction of sp³-hybridized carbons (Fsp3) is 0.346. The van der Waals surface area contributed by atoms with Crippen LogP contribution in [0.2, 0.25) is 0 Å². The van der Waals surface area contributed by atoms with E-state index < -0.39 is 10.0 Å². The molecule has 1 N–H and O–H groups in total. The fourth-order valence-corrected chi connectivity index (χ4v) is 7.13. The van der Waals surface area contributed by atoms with Gasteiger partial charge in [-0.1, -0.05) is 42.0 Å². The van der Waals surface area contributed by atoms with Crippen molar-refractivity contribution in [3.63, 3.8) is 0 Å². The minimum atomic E-state index is -3.55. The van der Waals surface area contributed by atoms with E-state index in [0.717, 1.165) is 42.7 Å². The Labute approximate surface area is 199 Å². The van der Waals surface area contributed by atoms with Gasteiger partial charge >= 0.3 is 0 Å². The molecule has 0 spiro atoms. The zero-order valence-corrected chi connectivity index (χ0v) is 20.3. The number of hydrogen-bond donors (Lipinski definition) is 1. The van der Waals surface area contributed by atoms with Crippen LogP contribution in [0.5, 0.6) is 0 Å². The van der Waals surface area contributed by atoms with Gasteiger partial charge in [-0.05, 0) is 73.4 Å². The van der Waals surface area contributed by atoms with Gasteiger partial charge in [-0.15, -0.1) is 11.3 Å². The first-order valence-corrected chi connectivity index (χ1v) is 13.8. The van der Waals surface area contributed by atoms with Crippen molar-refractivity contribution in [1.29, 1.82) is 0 Å². The fourth-order valence-electron chi connectivity index (χ4n) is 4.78. The molecule has 1 unspecified atom stereocenters. The SMILES string of the molecule is Cc1ccc(S(=O)(=O)NCC2CCCN(C(=O)c3cc4c(s3)-c3ccccc3CC4)C2)cc1. The van der Waals surface area contributed by atoms with Gasteiger partial charge in [0, 0.05) is 24.5 Å². The molecule has 2 aromatic carbocycles. The molecule has 3 aromatic rings. The lowest BCUT2D eigenvalue weighted by Crippen LogP contribution is -2.43. The molecule has 1 aliphatic heterocycles. The number of amides is 1. The lowest BCUT2D eigenvalue weighted by atomic mass is 9.91. The highest BCUT2D eigenvalue weighted by Crippen LogP contribution is 2.40. The number of carbonyl (C=O) groups is 1. The van der Waals surface area contributed by atoms with Crippen molar-refractivity contribution in [1.82, 2.24) is 9.62 Å². The molecule has 1 amide bonds. The van der Waals surface area contributed by atoms with E-state index in [4.69, 9.17) is 0 Å². The smallest absolute Gasteiger partial charge is 0.263 e. The van der Waals surface area contributed by atoms with Crippen LogP contribution in [0.3, 0.4) is 0 Å². The van der Waals surface area contributed by atoms with Gasteiger partial charge in [0.15, 0.2) is 0 Å². The van der Waals surface area contributed by atoms with Crippen molar-refractivity contribution >= 4 is 27.3 Å². The third kappa shape index (κ3) is 4.63. The van der Waals surface area contributed by atoms with Gasteiger partial charge in [-0.25, -0.2) is 13.1 Å². The molecule has 5 nitrogen and oxygen atoms in total. The molecule has 33 heavy (non-hydrogen) atoms. The maximum atomic E-state index is 13.3. The third-order valence-corrected chi connectivity index (χ3v) is 9.28. The largest absolute Gasteiger partial charge is 0.338 e. The quantitative estimate of drug-likeness (QED) is 0.578. The molecular weight excluding hydrogens is 452 g/mol. The van der Waals surface area contributed by atoms with Crippen LogP contribution in [-0.2, 0) is 22.9 Å². The molecule has 2 aliphatic rings. The predicted molar refractivity (Wildman–Crippen MR) is 132 cm³/mol. The Kier molecular flexibility index (Phi) is 6.12. The highest BCUT2D eigenvalue weighted by atomic mass is 32.2. The van der Waals surface area contributed by atoms with E-state index in [1.165, 1.54) is 21.6 Å². The Morgan fingerprint density at radius 2 is 1.85 bits per heavy atom. The number of likely N-dealkylation sites (tertiary alicyclic amines) is 1. The zero-order chi connectivity index (χ0) is 23.0. The first-order chi connectivity index (χ1) is 15.9. The number of sulfonamides is 1. The Bertz CT molecular complexity index is 1280. The number of rotatable bonds is 5.